The number of rotatable bonds is 5. The largest absolute Gasteiger partial charge is 0.342 e. The van der Waals surface area contributed by atoms with Crippen molar-refractivity contribution in [2.45, 2.75) is 40.0 Å². The van der Waals surface area contributed by atoms with Gasteiger partial charge in [-0.2, -0.15) is 0 Å². The van der Waals surface area contributed by atoms with Gasteiger partial charge in [0.25, 0.3) is 0 Å². The Morgan fingerprint density at radius 2 is 1.86 bits per heavy atom. The monoisotopic (exact) mass is 327 g/mol. The standard InChI is InChI=1S/C16H23Cl2N3/c1-16(2,3)10(6-7-19)4-5-15-20-13-8-11(17)12(18)9-14(13)21-15/h8-10H,4-7,19H2,1-3H3,(H,20,21). The van der Waals surface area contributed by atoms with Crippen LogP contribution in [-0.4, -0.2) is 16.5 Å². The summed E-state index contributed by atoms with van der Waals surface area (Å²) in [7, 11) is 0. The van der Waals surface area contributed by atoms with Crippen LogP contribution in [0.15, 0.2) is 12.1 Å². The molecule has 1 atom stereocenters. The summed E-state index contributed by atoms with van der Waals surface area (Å²) in [4.78, 5) is 7.93. The highest BCUT2D eigenvalue weighted by atomic mass is 35.5. The fourth-order valence-electron chi connectivity index (χ4n) is 2.70. The molecule has 1 aromatic carbocycles. The second kappa shape index (κ2) is 6.55. The maximum atomic E-state index is 6.03. The smallest absolute Gasteiger partial charge is 0.107 e. The van der Waals surface area contributed by atoms with Crippen LogP contribution >= 0.6 is 23.2 Å². The Morgan fingerprint density at radius 1 is 1.19 bits per heavy atom. The normalized spacial score (nSPS) is 13.8. The molecular weight excluding hydrogens is 305 g/mol. The van der Waals surface area contributed by atoms with Crippen LogP contribution in [0.3, 0.4) is 0 Å². The first-order valence-electron chi connectivity index (χ1n) is 7.35. The maximum Gasteiger partial charge on any atom is 0.107 e. The molecule has 0 aliphatic rings. The van der Waals surface area contributed by atoms with Gasteiger partial charge in [0.1, 0.15) is 5.82 Å². The van der Waals surface area contributed by atoms with Gasteiger partial charge in [-0.3, -0.25) is 0 Å². The van der Waals surface area contributed by atoms with E-state index in [1.54, 1.807) is 6.07 Å². The van der Waals surface area contributed by atoms with E-state index < -0.39 is 0 Å². The van der Waals surface area contributed by atoms with Crippen molar-refractivity contribution in [1.29, 1.82) is 0 Å². The van der Waals surface area contributed by atoms with Crippen molar-refractivity contribution in [3.8, 4) is 0 Å². The molecule has 2 rings (SSSR count). The number of aromatic amines is 1. The summed E-state index contributed by atoms with van der Waals surface area (Å²) in [6.07, 6.45) is 3.02. The lowest BCUT2D eigenvalue weighted by molar-refractivity contribution is 0.214. The van der Waals surface area contributed by atoms with Gasteiger partial charge in [0.15, 0.2) is 0 Å². The van der Waals surface area contributed by atoms with Gasteiger partial charge in [-0.05, 0) is 42.9 Å². The minimum absolute atomic E-state index is 0.262. The summed E-state index contributed by atoms with van der Waals surface area (Å²) in [5, 5.41) is 1.09. The quantitative estimate of drug-likeness (QED) is 0.827. The molecule has 0 radical (unpaired) electrons. The number of nitrogens with two attached hydrogens (primary N) is 1. The number of halogens is 2. The predicted octanol–water partition coefficient (Wildman–Crippen LogP) is 4.81. The fraction of sp³-hybridized carbons (Fsp3) is 0.562. The van der Waals surface area contributed by atoms with Crippen LogP contribution in [0.4, 0.5) is 0 Å². The Bertz CT molecular complexity index is 575. The van der Waals surface area contributed by atoms with Gasteiger partial charge in [0, 0.05) is 6.42 Å². The van der Waals surface area contributed by atoms with Gasteiger partial charge in [0.05, 0.1) is 21.1 Å². The zero-order valence-corrected chi connectivity index (χ0v) is 14.4. The van der Waals surface area contributed by atoms with Crippen LogP contribution in [0.25, 0.3) is 11.0 Å². The molecule has 0 spiro atoms. The molecular formula is C16H23Cl2N3. The lowest BCUT2D eigenvalue weighted by Crippen LogP contribution is -2.24. The number of hydrogen-bond donors (Lipinski definition) is 2. The fourth-order valence-corrected chi connectivity index (χ4v) is 3.02. The van der Waals surface area contributed by atoms with Crippen LogP contribution in [0.5, 0.6) is 0 Å². The summed E-state index contributed by atoms with van der Waals surface area (Å²) >= 11 is 12.1. The Kier molecular flexibility index (Phi) is 5.18. The Morgan fingerprint density at radius 3 is 2.48 bits per heavy atom. The Balaban J connectivity index is 2.12. The number of aromatic nitrogens is 2. The predicted molar refractivity (Wildman–Crippen MR) is 91.1 cm³/mol. The van der Waals surface area contributed by atoms with E-state index in [9.17, 15) is 0 Å². The van der Waals surface area contributed by atoms with E-state index >= 15 is 0 Å². The highest BCUT2D eigenvalue weighted by molar-refractivity contribution is 6.42. The molecule has 3 nitrogen and oxygen atoms in total. The number of imidazole rings is 1. The average Bonchev–Trinajstić information content (AvgIpc) is 2.75. The van der Waals surface area contributed by atoms with Crippen LogP contribution in [0.2, 0.25) is 10.0 Å². The second-order valence-corrected chi connectivity index (χ2v) is 7.46. The second-order valence-electron chi connectivity index (χ2n) is 6.65. The molecule has 1 unspecified atom stereocenters. The number of hydrogen-bond acceptors (Lipinski definition) is 2. The highest BCUT2D eigenvalue weighted by Crippen LogP contribution is 2.32. The van der Waals surface area contributed by atoms with Crippen molar-refractivity contribution in [2.24, 2.45) is 17.1 Å². The van der Waals surface area contributed by atoms with Crippen LogP contribution in [-0.2, 0) is 6.42 Å². The average molecular weight is 328 g/mol. The molecule has 0 fully saturated rings. The molecule has 0 saturated carbocycles. The van der Waals surface area contributed by atoms with Crippen molar-refractivity contribution in [1.82, 2.24) is 9.97 Å². The van der Waals surface area contributed by atoms with Gasteiger partial charge < -0.3 is 10.7 Å². The van der Waals surface area contributed by atoms with Gasteiger partial charge in [-0.25, -0.2) is 4.98 Å². The van der Waals surface area contributed by atoms with Crippen molar-refractivity contribution >= 4 is 34.2 Å². The summed E-state index contributed by atoms with van der Waals surface area (Å²) < 4.78 is 0. The topological polar surface area (TPSA) is 54.7 Å². The van der Waals surface area contributed by atoms with E-state index in [2.05, 4.69) is 30.7 Å². The molecule has 21 heavy (non-hydrogen) atoms. The number of fused-ring (bicyclic) bond motifs is 1. The van der Waals surface area contributed by atoms with E-state index in [1.165, 1.54) is 0 Å². The van der Waals surface area contributed by atoms with Crippen molar-refractivity contribution < 1.29 is 0 Å². The van der Waals surface area contributed by atoms with Gasteiger partial charge in [-0.1, -0.05) is 44.0 Å². The van der Waals surface area contributed by atoms with Gasteiger partial charge in [-0.15, -0.1) is 0 Å². The summed E-state index contributed by atoms with van der Waals surface area (Å²) in [6, 6.07) is 3.64. The first-order valence-corrected chi connectivity index (χ1v) is 8.10. The van der Waals surface area contributed by atoms with Crippen LogP contribution in [0.1, 0.15) is 39.4 Å². The molecule has 2 aromatic rings. The molecule has 1 aromatic heterocycles. The first-order chi connectivity index (χ1) is 9.81. The molecule has 5 heteroatoms. The molecule has 0 saturated heterocycles. The third-order valence-corrected chi connectivity index (χ3v) is 4.76. The molecule has 116 valence electrons. The lowest BCUT2D eigenvalue weighted by Gasteiger charge is -2.30. The third kappa shape index (κ3) is 4.12. The highest BCUT2D eigenvalue weighted by Gasteiger charge is 2.23. The van der Waals surface area contributed by atoms with Crippen LogP contribution < -0.4 is 5.73 Å². The molecule has 0 aliphatic carbocycles. The lowest BCUT2D eigenvalue weighted by atomic mass is 9.76. The van der Waals surface area contributed by atoms with E-state index in [0.717, 1.165) is 42.7 Å². The number of nitrogens with zero attached hydrogens (tertiary/aromatic N) is 1. The molecule has 0 amide bonds. The minimum Gasteiger partial charge on any atom is -0.342 e. The number of H-pyrrole nitrogens is 1. The SMILES string of the molecule is CC(C)(C)C(CCN)CCc1nc2cc(Cl)c(Cl)cc2[nH]1. The molecule has 0 aliphatic heterocycles. The first kappa shape index (κ1) is 16.6. The maximum absolute atomic E-state index is 6.03. The molecule has 1 heterocycles. The summed E-state index contributed by atoms with van der Waals surface area (Å²) in [5.74, 6) is 1.57. The van der Waals surface area contributed by atoms with Crippen molar-refractivity contribution in [3.05, 3.63) is 28.0 Å². The Hall–Kier alpha value is -0.770. The number of nitrogens with one attached hydrogen (secondary N) is 1. The molecule has 0 bridgehead atoms. The van der Waals surface area contributed by atoms with E-state index in [0.29, 0.717) is 16.0 Å². The minimum atomic E-state index is 0.262. The molecule has 3 N–H and O–H groups in total. The zero-order chi connectivity index (χ0) is 15.6. The van der Waals surface area contributed by atoms with E-state index in [1.807, 2.05) is 6.07 Å². The van der Waals surface area contributed by atoms with Crippen molar-refractivity contribution in [3.63, 3.8) is 0 Å². The Labute approximate surface area is 136 Å². The van der Waals surface area contributed by atoms with E-state index in [-0.39, 0.29) is 5.41 Å². The number of aryl methyl sites for hydroxylation is 1. The number of benzene rings is 1. The third-order valence-electron chi connectivity index (χ3n) is 4.04. The zero-order valence-electron chi connectivity index (χ0n) is 12.8. The van der Waals surface area contributed by atoms with Gasteiger partial charge in [0.2, 0.25) is 0 Å². The van der Waals surface area contributed by atoms with Gasteiger partial charge >= 0.3 is 0 Å². The van der Waals surface area contributed by atoms with Crippen molar-refractivity contribution in [2.75, 3.05) is 6.54 Å². The summed E-state index contributed by atoms with van der Waals surface area (Å²) in [6.45, 7) is 7.54. The van der Waals surface area contributed by atoms with Crippen LogP contribution in [0, 0.1) is 11.3 Å². The summed E-state index contributed by atoms with van der Waals surface area (Å²) in [5.41, 5.74) is 7.80. The van der Waals surface area contributed by atoms with E-state index in [4.69, 9.17) is 28.9 Å².